The molecule has 0 saturated heterocycles. The minimum atomic E-state index is 0.287. The zero-order valence-corrected chi connectivity index (χ0v) is 23.0. The number of quaternary nitrogens is 1. The van der Waals surface area contributed by atoms with Crippen molar-refractivity contribution in [3.8, 4) is 12.3 Å². The molecule has 0 saturated carbocycles. The topological polar surface area (TPSA) is 20.2 Å². The van der Waals surface area contributed by atoms with Crippen LogP contribution < -0.4 is 0 Å². The number of thioether (sulfide) groups is 1. The number of terminal acetylenes is 1. The highest BCUT2D eigenvalue weighted by molar-refractivity contribution is 7.99. The van der Waals surface area contributed by atoms with Gasteiger partial charge in [0.1, 0.15) is 0 Å². The van der Waals surface area contributed by atoms with Crippen molar-refractivity contribution in [1.82, 2.24) is 0 Å². The molecule has 190 valence electrons. The lowest BCUT2D eigenvalue weighted by Gasteiger charge is -2.33. The smallest absolute Gasteiger partial charge is 0.0828 e. The van der Waals surface area contributed by atoms with Crippen LogP contribution in [0, 0.1) is 18.3 Å². The largest absolute Gasteiger partial charge is 0.396 e. The lowest BCUT2D eigenvalue weighted by molar-refractivity contribution is -0.893. The van der Waals surface area contributed by atoms with E-state index >= 15 is 0 Å². The molecule has 0 aromatic rings. The molecule has 0 aromatic heterocycles. The second-order valence-corrected chi connectivity index (χ2v) is 11.7. The first-order valence-corrected chi connectivity index (χ1v) is 15.1. The fraction of sp³-hybridized carbons (Fsp3) is 0.931. The Morgan fingerprint density at radius 3 is 1.66 bits per heavy atom. The summed E-state index contributed by atoms with van der Waals surface area (Å²) in [6.07, 6.45) is 30.3. The van der Waals surface area contributed by atoms with Crippen molar-refractivity contribution in [2.45, 2.75) is 122 Å². The summed E-state index contributed by atoms with van der Waals surface area (Å²) in [4.78, 5) is 0. The van der Waals surface area contributed by atoms with Crippen LogP contribution in [0.25, 0.3) is 0 Å². The van der Waals surface area contributed by atoms with E-state index in [2.05, 4.69) is 38.7 Å². The van der Waals surface area contributed by atoms with E-state index in [-0.39, 0.29) is 6.61 Å². The van der Waals surface area contributed by atoms with Crippen LogP contribution in [0.4, 0.5) is 0 Å². The van der Waals surface area contributed by atoms with Gasteiger partial charge < -0.3 is 9.59 Å². The predicted molar refractivity (Wildman–Crippen MR) is 147 cm³/mol. The van der Waals surface area contributed by atoms with Gasteiger partial charge in [0.25, 0.3) is 0 Å². The number of aliphatic hydroxyl groups is 1. The summed E-state index contributed by atoms with van der Waals surface area (Å²) in [5, 5.41) is 9.09. The number of aliphatic hydroxyl groups excluding tert-OH is 1. The number of hydrogen-bond donors (Lipinski definition) is 1. The molecule has 3 heteroatoms. The van der Waals surface area contributed by atoms with Crippen LogP contribution in [-0.2, 0) is 0 Å². The molecule has 0 bridgehead atoms. The molecule has 1 N–H and O–H groups in total. The Kier molecular flexibility index (Phi) is 23.8. The summed E-state index contributed by atoms with van der Waals surface area (Å²) in [5.41, 5.74) is 0. The minimum absolute atomic E-state index is 0.287. The summed E-state index contributed by atoms with van der Waals surface area (Å²) in [6, 6.07) is 0. The SMILES string of the molecule is C#CCC(CSCCCCCCCCCCCCCCCCCC)C[N+](C)(C)CCCO. The summed E-state index contributed by atoms with van der Waals surface area (Å²) >= 11 is 2.10. The lowest BCUT2D eigenvalue weighted by Crippen LogP contribution is -2.45. The molecule has 1 unspecified atom stereocenters. The fourth-order valence-corrected chi connectivity index (χ4v) is 5.77. The average molecular weight is 469 g/mol. The monoisotopic (exact) mass is 468 g/mol. The summed E-state index contributed by atoms with van der Waals surface area (Å²) < 4.78 is 0.965. The number of nitrogens with zero attached hydrogens (tertiary/aromatic N) is 1. The molecule has 0 radical (unpaired) electrons. The van der Waals surface area contributed by atoms with E-state index in [9.17, 15) is 0 Å². The van der Waals surface area contributed by atoms with E-state index in [1.807, 2.05) is 0 Å². The summed E-state index contributed by atoms with van der Waals surface area (Å²) in [6.45, 7) is 4.73. The van der Waals surface area contributed by atoms with Crippen molar-refractivity contribution in [1.29, 1.82) is 0 Å². The van der Waals surface area contributed by atoms with Gasteiger partial charge in [-0.25, -0.2) is 0 Å². The standard InChI is InChI=1S/C29H58NOS/c1-5-7-8-9-10-11-12-13-14-15-16-17-18-19-20-21-26-32-28-29(23-6-2)27-30(3,4)24-22-25-31/h2,29,31H,5,7-28H2,1,3-4H3/q+1. The first-order chi connectivity index (χ1) is 15.6. The molecule has 1 atom stereocenters. The van der Waals surface area contributed by atoms with Crippen molar-refractivity contribution in [2.24, 2.45) is 5.92 Å². The Hall–Kier alpha value is -0.170. The van der Waals surface area contributed by atoms with Gasteiger partial charge in [-0.3, -0.25) is 0 Å². The zero-order valence-electron chi connectivity index (χ0n) is 22.2. The molecule has 0 aliphatic carbocycles. The molecule has 2 nitrogen and oxygen atoms in total. The Morgan fingerprint density at radius 2 is 1.22 bits per heavy atom. The van der Waals surface area contributed by atoms with Gasteiger partial charge in [-0.05, 0) is 12.2 Å². The third-order valence-corrected chi connectivity index (χ3v) is 7.86. The number of rotatable bonds is 25. The minimum Gasteiger partial charge on any atom is -0.396 e. The van der Waals surface area contributed by atoms with Gasteiger partial charge in [0.05, 0.1) is 27.2 Å². The molecule has 0 fully saturated rings. The third kappa shape index (κ3) is 23.0. The van der Waals surface area contributed by atoms with E-state index in [0.29, 0.717) is 5.92 Å². The fourth-order valence-electron chi connectivity index (χ4n) is 4.63. The maximum absolute atomic E-state index is 9.09. The number of unbranched alkanes of at least 4 members (excludes halogenated alkanes) is 15. The van der Waals surface area contributed by atoms with Gasteiger partial charge in [-0.2, -0.15) is 11.8 Å². The lowest BCUT2D eigenvalue weighted by atomic mass is 10.0. The molecule has 0 aromatic carbocycles. The van der Waals surface area contributed by atoms with Gasteiger partial charge in [0.2, 0.25) is 0 Å². The molecule has 0 amide bonds. The number of hydrogen-bond acceptors (Lipinski definition) is 2. The van der Waals surface area contributed by atoms with E-state index in [1.54, 1.807) is 0 Å². The van der Waals surface area contributed by atoms with Crippen LogP contribution in [0.15, 0.2) is 0 Å². The Morgan fingerprint density at radius 1 is 0.750 bits per heavy atom. The average Bonchev–Trinajstić information content (AvgIpc) is 2.76. The van der Waals surface area contributed by atoms with Crippen molar-refractivity contribution in [2.75, 3.05) is 45.3 Å². The van der Waals surface area contributed by atoms with Crippen molar-refractivity contribution >= 4 is 11.8 Å². The summed E-state index contributed by atoms with van der Waals surface area (Å²) in [7, 11) is 4.53. The van der Waals surface area contributed by atoms with Crippen LogP contribution in [0.3, 0.4) is 0 Å². The Balaban J connectivity index is 3.45. The van der Waals surface area contributed by atoms with Gasteiger partial charge in [-0.1, -0.05) is 103 Å². The van der Waals surface area contributed by atoms with Crippen molar-refractivity contribution in [3.63, 3.8) is 0 Å². The molecule has 0 aliphatic heterocycles. The Labute approximate surface area is 207 Å². The molecular formula is C29H58NOS+. The van der Waals surface area contributed by atoms with Gasteiger partial charge in [-0.15, -0.1) is 12.3 Å². The van der Waals surface area contributed by atoms with Crippen molar-refractivity contribution < 1.29 is 9.59 Å². The maximum Gasteiger partial charge on any atom is 0.0828 e. The van der Waals surface area contributed by atoms with Gasteiger partial charge >= 0.3 is 0 Å². The van der Waals surface area contributed by atoms with E-state index in [1.165, 1.54) is 114 Å². The Bertz CT molecular complexity index is 418. The van der Waals surface area contributed by atoms with Crippen LogP contribution >= 0.6 is 11.8 Å². The second-order valence-electron chi connectivity index (χ2n) is 10.6. The highest BCUT2D eigenvalue weighted by atomic mass is 32.2. The van der Waals surface area contributed by atoms with Gasteiger partial charge in [0.15, 0.2) is 0 Å². The highest BCUT2D eigenvalue weighted by Gasteiger charge is 2.21. The predicted octanol–water partition coefficient (Wildman–Crippen LogP) is 8.08. The molecule has 0 heterocycles. The molecule has 32 heavy (non-hydrogen) atoms. The molecule has 0 aliphatic rings. The molecular weight excluding hydrogens is 410 g/mol. The van der Waals surface area contributed by atoms with Crippen LogP contribution in [0.2, 0.25) is 0 Å². The maximum atomic E-state index is 9.09. The third-order valence-electron chi connectivity index (χ3n) is 6.58. The van der Waals surface area contributed by atoms with Crippen LogP contribution in [-0.4, -0.2) is 54.9 Å². The first kappa shape index (κ1) is 31.8. The van der Waals surface area contributed by atoms with E-state index in [0.717, 1.165) is 30.4 Å². The van der Waals surface area contributed by atoms with Crippen LogP contribution in [0.5, 0.6) is 0 Å². The van der Waals surface area contributed by atoms with Crippen LogP contribution in [0.1, 0.15) is 122 Å². The summed E-state index contributed by atoms with van der Waals surface area (Å²) in [5.74, 6) is 5.95. The van der Waals surface area contributed by atoms with Crippen molar-refractivity contribution in [3.05, 3.63) is 0 Å². The quantitative estimate of drug-likeness (QED) is 0.0830. The highest BCUT2D eigenvalue weighted by Crippen LogP contribution is 2.19. The molecule has 0 spiro atoms. The second kappa shape index (κ2) is 24.0. The molecule has 0 rings (SSSR count). The normalized spacial score (nSPS) is 12.7. The van der Waals surface area contributed by atoms with E-state index < -0.39 is 0 Å². The zero-order chi connectivity index (χ0) is 23.8. The van der Waals surface area contributed by atoms with E-state index in [4.69, 9.17) is 11.5 Å². The first-order valence-electron chi connectivity index (χ1n) is 14.0. The van der Waals surface area contributed by atoms with Gasteiger partial charge in [0, 0.05) is 31.1 Å².